The lowest BCUT2D eigenvalue weighted by Crippen LogP contribution is -1.94. The molecular weight excluding hydrogens is 208 g/mol. The molecule has 1 aromatic carbocycles. The fourth-order valence-electron chi connectivity index (χ4n) is 1.36. The Hall–Kier alpha value is -1.68. The molecule has 0 amide bonds. The number of ether oxygens (including phenoxy) is 3. The molecule has 0 spiro atoms. The summed E-state index contributed by atoms with van der Waals surface area (Å²) in [6.07, 6.45) is 3.39. The van der Waals surface area contributed by atoms with Crippen molar-refractivity contribution in [3.05, 3.63) is 23.8 Å². The van der Waals surface area contributed by atoms with Crippen LogP contribution in [-0.4, -0.2) is 33.0 Å². The predicted molar refractivity (Wildman–Crippen MR) is 62.2 cm³/mol. The number of benzene rings is 1. The van der Waals surface area contributed by atoms with Gasteiger partial charge in [0, 0.05) is 11.6 Å². The van der Waals surface area contributed by atoms with Gasteiger partial charge >= 0.3 is 0 Å². The molecule has 1 rings (SSSR count). The summed E-state index contributed by atoms with van der Waals surface area (Å²) in [5, 5.41) is 8.73. The Morgan fingerprint density at radius 3 is 2.06 bits per heavy atom. The molecule has 0 unspecified atom stereocenters. The number of aliphatic hydroxyl groups is 1. The van der Waals surface area contributed by atoms with Crippen LogP contribution in [0, 0.1) is 0 Å². The van der Waals surface area contributed by atoms with Crippen molar-refractivity contribution in [3.8, 4) is 17.2 Å². The first-order valence-corrected chi connectivity index (χ1v) is 4.84. The number of methoxy groups -OCH3 is 3. The summed E-state index contributed by atoms with van der Waals surface area (Å²) in [4.78, 5) is 0. The van der Waals surface area contributed by atoms with Crippen molar-refractivity contribution >= 4 is 6.08 Å². The van der Waals surface area contributed by atoms with Crippen LogP contribution in [0.5, 0.6) is 17.2 Å². The van der Waals surface area contributed by atoms with Crippen LogP contribution in [-0.2, 0) is 0 Å². The van der Waals surface area contributed by atoms with Crippen LogP contribution in [0.2, 0.25) is 0 Å². The van der Waals surface area contributed by atoms with E-state index in [1.165, 1.54) is 0 Å². The second-order valence-electron chi connectivity index (χ2n) is 3.03. The molecule has 0 aliphatic carbocycles. The van der Waals surface area contributed by atoms with Gasteiger partial charge in [-0.05, 0) is 6.07 Å². The van der Waals surface area contributed by atoms with Crippen molar-refractivity contribution in [1.82, 2.24) is 0 Å². The molecule has 16 heavy (non-hydrogen) atoms. The van der Waals surface area contributed by atoms with E-state index in [-0.39, 0.29) is 6.61 Å². The summed E-state index contributed by atoms with van der Waals surface area (Å²) >= 11 is 0. The van der Waals surface area contributed by atoms with Crippen LogP contribution >= 0.6 is 0 Å². The zero-order valence-electron chi connectivity index (χ0n) is 9.69. The maximum atomic E-state index is 8.73. The first-order chi connectivity index (χ1) is 7.76. The highest BCUT2D eigenvalue weighted by Crippen LogP contribution is 2.35. The number of hydrogen-bond donors (Lipinski definition) is 1. The largest absolute Gasteiger partial charge is 0.496 e. The molecular formula is C12H16O4. The Morgan fingerprint density at radius 1 is 1.00 bits per heavy atom. The zero-order valence-corrected chi connectivity index (χ0v) is 9.69. The third-order valence-corrected chi connectivity index (χ3v) is 2.14. The SMILES string of the molecule is COc1cc(OC)c(OC)cc1/C=C\CO. The average Bonchev–Trinajstić information content (AvgIpc) is 2.35. The molecule has 1 aromatic rings. The molecule has 0 heterocycles. The van der Waals surface area contributed by atoms with Crippen molar-refractivity contribution in [2.75, 3.05) is 27.9 Å². The number of rotatable bonds is 5. The van der Waals surface area contributed by atoms with E-state index in [0.29, 0.717) is 17.2 Å². The quantitative estimate of drug-likeness (QED) is 0.827. The van der Waals surface area contributed by atoms with Crippen molar-refractivity contribution in [3.63, 3.8) is 0 Å². The maximum absolute atomic E-state index is 8.73. The Labute approximate surface area is 95.1 Å². The average molecular weight is 224 g/mol. The molecule has 0 aromatic heterocycles. The lowest BCUT2D eigenvalue weighted by molar-refractivity contribution is 0.343. The van der Waals surface area contributed by atoms with Crippen LogP contribution in [0.15, 0.2) is 18.2 Å². The van der Waals surface area contributed by atoms with E-state index >= 15 is 0 Å². The van der Waals surface area contributed by atoms with Gasteiger partial charge in [-0.15, -0.1) is 0 Å². The molecule has 0 bridgehead atoms. The van der Waals surface area contributed by atoms with Gasteiger partial charge in [-0.25, -0.2) is 0 Å². The van der Waals surface area contributed by atoms with Crippen LogP contribution < -0.4 is 14.2 Å². The fraction of sp³-hybridized carbons (Fsp3) is 0.333. The minimum Gasteiger partial charge on any atom is -0.496 e. The van der Waals surface area contributed by atoms with Crippen molar-refractivity contribution in [2.24, 2.45) is 0 Å². The minimum atomic E-state index is -0.0164. The standard InChI is InChI=1S/C12H16O4/c1-14-10-8-12(16-3)11(15-2)7-9(10)5-4-6-13/h4-5,7-8,13H,6H2,1-3H3/b5-4-. The van der Waals surface area contributed by atoms with E-state index in [2.05, 4.69) is 0 Å². The van der Waals surface area contributed by atoms with Gasteiger partial charge in [-0.3, -0.25) is 0 Å². The lowest BCUT2D eigenvalue weighted by atomic mass is 10.1. The van der Waals surface area contributed by atoms with Crippen molar-refractivity contribution in [1.29, 1.82) is 0 Å². The summed E-state index contributed by atoms with van der Waals surface area (Å²) in [7, 11) is 4.72. The Bertz CT molecular complexity index is 372. The van der Waals surface area contributed by atoms with Gasteiger partial charge in [0.1, 0.15) is 5.75 Å². The van der Waals surface area contributed by atoms with E-state index in [1.807, 2.05) is 0 Å². The van der Waals surface area contributed by atoms with Crippen molar-refractivity contribution in [2.45, 2.75) is 0 Å². The predicted octanol–water partition coefficient (Wildman–Crippen LogP) is 1.72. The highest BCUT2D eigenvalue weighted by molar-refractivity contribution is 5.63. The van der Waals surface area contributed by atoms with Crippen LogP contribution in [0.4, 0.5) is 0 Å². The van der Waals surface area contributed by atoms with E-state index in [0.717, 1.165) is 5.56 Å². The smallest absolute Gasteiger partial charge is 0.164 e. The molecule has 0 saturated heterocycles. The van der Waals surface area contributed by atoms with E-state index in [9.17, 15) is 0 Å². The molecule has 4 heteroatoms. The van der Waals surface area contributed by atoms with Crippen LogP contribution in [0.25, 0.3) is 6.08 Å². The first kappa shape index (κ1) is 12.4. The summed E-state index contributed by atoms with van der Waals surface area (Å²) in [6.45, 7) is -0.0164. The normalized spacial score (nSPS) is 10.5. The summed E-state index contributed by atoms with van der Waals surface area (Å²) in [5.41, 5.74) is 0.828. The highest BCUT2D eigenvalue weighted by atomic mass is 16.5. The fourth-order valence-corrected chi connectivity index (χ4v) is 1.36. The molecule has 4 nitrogen and oxygen atoms in total. The van der Waals surface area contributed by atoms with Gasteiger partial charge in [-0.2, -0.15) is 0 Å². The van der Waals surface area contributed by atoms with Gasteiger partial charge < -0.3 is 19.3 Å². The third kappa shape index (κ3) is 2.67. The Balaban J connectivity index is 3.20. The second kappa shape index (κ2) is 6.02. The molecule has 0 fully saturated rings. The molecule has 88 valence electrons. The number of aliphatic hydroxyl groups excluding tert-OH is 1. The van der Waals surface area contributed by atoms with E-state index in [4.69, 9.17) is 19.3 Å². The Morgan fingerprint density at radius 2 is 1.56 bits per heavy atom. The van der Waals surface area contributed by atoms with Gasteiger partial charge in [0.15, 0.2) is 11.5 Å². The molecule has 0 radical (unpaired) electrons. The van der Waals surface area contributed by atoms with Gasteiger partial charge in [0.05, 0.1) is 27.9 Å². The monoisotopic (exact) mass is 224 g/mol. The summed E-state index contributed by atoms with van der Waals surface area (Å²) < 4.78 is 15.6. The highest BCUT2D eigenvalue weighted by Gasteiger charge is 2.09. The van der Waals surface area contributed by atoms with Crippen molar-refractivity contribution < 1.29 is 19.3 Å². The summed E-state index contributed by atoms with van der Waals surface area (Å²) in [5.74, 6) is 1.91. The number of hydrogen-bond acceptors (Lipinski definition) is 4. The van der Waals surface area contributed by atoms with Gasteiger partial charge in [-0.1, -0.05) is 12.2 Å². The summed E-state index contributed by atoms with van der Waals surface area (Å²) in [6, 6.07) is 3.54. The molecule has 0 atom stereocenters. The topological polar surface area (TPSA) is 47.9 Å². The molecule has 1 N–H and O–H groups in total. The first-order valence-electron chi connectivity index (χ1n) is 4.84. The molecule has 0 aliphatic rings. The molecule has 0 saturated carbocycles. The van der Waals surface area contributed by atoms with E-state index in [1.54, 1.807) is 45.6 Å². The van der Waals surface area contributed by atoms with Gasteiger partial charge in [0.2, 0.25) is 0 Å². The van der Waals surface area contributed by atoms with Crippen LogP contribution in [0.3, 0.4) is 0 Å². The minimum absolute atomic E-state index is 0.0164. The zero-order chi connectivity index (χ0) is 12.0. The lowest BCUT2D eigenvalue weighted by Gasteiger charge is -2.11. The maximum Gasteiger partial charge on any atom is 0.164 e. The van der Waals surface area contributed by atoms with Gasteiger partial charge in [0.25, 0.3) is 0 Å². The second-order valence-corrected chi connectivity index (χ2v) is 3.03. The third-order valence-electron chi connectivity index (χ3n) is 2.14. The molecule has 0 aliphatic heterocycles. The van der Waals surface area contributed by atoms with Crippen LogP contribution in [0.1, 0.15) is 5.56 Å². The van der Waals surface area contributed by atoms with E-state index < -0.39 is 0 Å². The Kier molecular flexibility index (Phi) is 4.66.